The Labute approximate surface area is 143 Å². The maximum absolute atomic E-state index is 13.2. The summed E-state index contributed by atoms with van der Waals surface area (Å²) in [6.07, 6.45) is 5.49. The summed E-state index contributed by atoms with van der Waals surface area (Å²) in [7, 11) is 0. The summed E-state index contributed by atoms with van der Waals surface area (Å²) < 4.78 is 13.2. The molecule has 0 saturated heterocycles. The number of nitrogens with one attached hydrogen (secondary N) is 2. The summed E-state index contributed by atoms with van der Waals surface area (Å²) >= 11 is 1.17. The molecule has 126 valence electrons. The van der Waals surface area contributed by atoms with E-state index in [4.69, 9.17) is 0 Å². The van der Waals surface area contributed by atoms with Crippen molar-refractivity contribution in [2.45, 2.75) is 38.1 Å². The second-order valence-electron chi connectivity index (χ2n) is 5.81. The van der Waals surface area contributed by atoms with Gasteiger partial charge in [-0.05, 0) is 31.0 Å². The zero-order chi connectivity index (χ0) is 16.9. The van der Waals surface area contributed by atoms with E-state index in [2.05, 4.69) is 15.6 Å². The monoisotopic (exact) mass is 347 g/mol. The molecule has 1 aliphatic carbocycles. The highest BCUT2D eigenvalue weighted by molar-refractivity contribution is 7.14. The maximum atomic E-state index is 13.2. The van der Waals surface area contributed by atoms with Gasteiger partial charge in [-0.3, -0.25) is 14.9 Å². The molecule has 24 heavy (non-hydrogen) atoms. The molecule has 3 rings (SSSR count). The van der Waals surface area contributed by atoms with Gasteiger partial charge in [-0.2, -0.15) is 0 Å². The minimum atomic E-state index is -0.477. The lowest BCUT2D eigenvalue weighted by Gasteiger charge is -2.22. The Morgan fingerprint density at radius 1 is 1.17 bits per heavy atom. The number of aromatic nitrogens is 1. The van der Waals surface area contributed by atoms with Crippen LogP contribution in [0.1, 0.15) is 53.0 Å². The van der Waals surface area contributed by atoms with Crippen molar-refractivity contribution in [3.63, 3.8) is 0 Å². The van der Waals surface area contributed by atoms with Crippen molar-refractivity contribution >= 4 is 28.3 Å². The first-order valence-corrected chi connectivity index (χ1v) is 8.83. The van der Waals surface area contributed by atoms with E-state index in [1.807, 2.05) is 0 Å². The van der Waals surface area contributed by atoms with E-state index in [0.29, 0.717) is 10.8 Å². The molecule has 1 aromatic heterocycles. The molecule has 2 amide bonds. The number of hydrogen-bond acceptors (Lipinski definition) is 4. The number of halogens is 1. The Hall–Kier alpha value is -2.28. The molecule has 0 bridgehead atoms. The highest BCUT2D eigenvalue weighted by Crippen LogP contribution is 2.20. The SMILES string of the molecule is O=C(Nc1nc(C(=O)NC2CCCCC2)cs1)c1cccc(F)c1. The third kappa shape index (κ3) is 4.17. The van der Waals surface area contributed by atoms with Gasteiger partial charge in [0.05, 0.1) is 0 Å². The number of rotatable bonds is 4. The summed E-state index contributed by atoms with van der Waals surface area (Å²) in [6, 6.07) is 5.61. The Morgan fingerprint density at radius 3 is 2.71 bits per heavy atom. The fourth-order valence-electron chi connectivity index (χ4n) is 2.74. The van der Waals surface area contributed by atoms with Crippen molar-refractivity contribution in [2.24, 2.45) is 0 Å². The summed E-state index contributed by atoms with van der Waals surface area (Å²) in [4.78, 5) is 28.4. The lowest BCUT2D eigenvalue weighted by molar-refractivity contribution is 0.0922. The lowest BCUT2D eigenvalue weighted by Crippen LogP contribution is -2.36. The zero-order valence-corrected chi connectivity index (χ0v) is 13.9. The van der Waals surface area contributed by atoms with Crippen LogP contribution in [0.25, 0.3) is 0 Å². The normalized spacial score (nSPS) is 15.0. The number of anilines is 1. The molecule has 1 fully saturated rings. The first-order chi connectivity index (χ1) is 11.6. The quantitative estimate of drug-likeness (QED) is 0.888. The third-order valence-corrected chi connectivity index (χ3v) is 4.74. The van der Waals surface area contributed by atoms with Gasteiger partial charge in [0, 0.05) is 17.0 Å². The highest BCUT2D eigenvalue weighted by Gasteiger charge is 2.19. The molecular formula is C17H18FN3O2S. The lowest BCUT2D eigenvalue weighted by atomic mass is 9.95. The number of carbonyl (C=O) groups excluding carboxylic acids is 2. The Kier molecular flexibility index (Phi) is 5.20. The van der Waals surface area contributed by atoms with Crippen molar-refractivity contribution in [1.82, 2.24) is 10.3 Å². The van der Waals surface area contributed by atoms with Crippen LogP contribution in [-0.2, 0) is 0 Å². The van der Waals surface area contributed by atoms with Crippen LogP contribution in [0.4, 0.5) is 9.52 Å². The Bertz CT molecular complexity index is 741. The van der Waals surface area contributed by atoms with E-state index in [-0.39, 0.29) is 17.5 Å². The molecule has 0 atom stereocenters. The van der Waals surface area contributed by atoms with Gasteiger partial charge in [-0.15, -0.1) is 11.3 Å². The molecule has 0 radical (unpaired) electrons. The molecule has 1 heterocycles. The van der Waals surface area contributed by atoms with Crippen molar-refractivity contribution in [1.29, 1.82) is 0 Å². The van der Waals surface area contributed by atoms with Gasteiger partial charge >= 0.3 is 0 Å². The molecule has 2 N–H and O–H groups in total. The number of benzene rings is 1. The molecule has 0 unspecified atom stereocenters. The molecular weight excluding hydrogens is 329 g/mol. The van der Waals surface area contributed by atoms with Gasteiger partial charge in [0.1, 0.15) is 11.5 Å². The van der Waals surface area contributed by atoms with Crippen molar-refractivity contribution in [3.8, 4) is 0 Å². The summed E-state index contributed by atoms with van der Waals surface area (Å²) in [6.45, 7) is 0. The highest BCUT2D eigenvalue weighted by atomic mass is 32.1. The average molecular weight is 347 g/mol. The molecule has 1 saturated carbocycles. The predicted molar refractivity (Wildman–Crippen MR) is 90.8 cm³/mol. The van der Waals surface area contributed by atoms with E-state index in [0.717, 1.165) is 31.7 Å². The molecule has 7 heteroatoms. The van der Waals surface area contributed by atoms with Crippen LogP contribution in [0, 0.1) is 5.82 Å². The smallest absolute Gasteiger partial charge is 0.271 e. The van der Waals surface area contributed by atoms with Crippen LogP contribution in [0.2, 0.25) is 0 Å². The van der Waals surface area contributed by atoms with Crippen LogP contribution in [0.5, 0.6) is 0 Å². The minimum Gasteiger partial charge on any atom is -0.348 e. The van der Waals surface area contributed by atoms with E-state index in [1.165, 1.54) is 36.0 Å². The average Bonchev–Trinajstić information content (AvgIpc) is 3.04. The van der Waals surface area contributed by atoms with Crippen molar-refractivity contribution in [3.05, 3.63) is 46.7 Å². The summed E-state index contributed by atoms with van der Waals surface area (Å²) in [5.74, 6) is -1.15. The van der Waals surface area contributed by atoms with Crippen LogP contribution >= 0.6 is 11.3 Å². The van der Waals surface area contributed by atoms with Gasteiger partial charge < -0.3 is 5.32 Å². The maximum Gasteiger partial charge on any atom is 0.271 e. The van der Waals surface area contributed by atoms with Gasteiger partial charge in [0.25, 0.3) is 11.8 Å². The predicted octanol–water partition coefficient (Wildman–Crippen LogP) is 3.60. The number of hydrogen-bond donors (Lipinski definition) is 2. The number of nitrogens with zero attached hydrogens (tertiary/aromatic N) is 1. The Balaban J connectivity index is 1.60. The topological polar surface area (TPSA) is 71.1 Å². The van der Waals surface area contributed by atoms with Crippen LogP contribution in [-0.4, -0.2) is 22.8 Å². The minimum absolute atomic E-state index is 0.207. The van der Waals surface area contributed by atoms with Crippen molar-refractivity contribution in [2.75, 3.05) is 5.32 Å². The first-order valence-electron chi connectivity index (χ1n) is 7.95. The number of amides is 2. The van der Waals surface area contributed by atoms with Gasteiger partial charge in [0.15, 0.2) is 5.13 Å². The fraction of sp³-hybridized carbons (Fsp3) is 0.353. The fourth-order valence-corrected chi connectivity index (χ4v) is 3.43. The second kappa shape index (κ2) is 7.53. The molecule has 2 aromatic rings. The second-order valence-corrected chi connectivity index (χ2v) is 6.67. The molecule has 1 aromatic carbocycles. The summed E-state index contributed by atoms with van der Waals surface area (Å²) in [5, 5.41) is 7.50. The first kappa shape index (κ1) is 16.6. The molecule has 0 spiro atoms. The molecule has 0 aliphatic heterocycles. The van der Waals surface area contributed by atoms with E-state index >= 15 is 0 Å². The standard InChI is InChI=1S/C17H18FN3O2S/c18-12-6-4-5-11(9-12)15(22)21-17-20-14(10-24-17)16(23)19-13-7-2-1-3-8-13/h4-6,9-10,13H,1-3,7-8H2,(H,19,23)(H,20,21,22). The van der Waals surface area contributed by atoms with Crippen LogP contribution in [0.3, 0.4) is 0 Å². The third-order valence-electron chi connectivity index (χ3n) is 3.98. The zero-order valence-electron chi connectivity index (χ0n) is 13.0. The van der Waals surface area contributed by atoms with Crippen LogP contribution < -0.4 is 10.6 Å². The largest absolute Gasteiger partial charge is 0.348 e. The van der Waals surface area contributed by atoms with Gasteiger partial charge in [0.2, 0.25) is 0 Å². The van der Waals surface area contributed by atoms with Crippen LogP contribution in [0.15, 0.2) is 29.6 Å². The van der Waals surface area contributed by atoms with Gasteiger partial charge in [-0.1, -0.05) is 25.3 Å². The number of thiazole rings is 1. The van der Waals surface area contributed by atoms with Crippen molar-refractivity contribution < 1.29 is 14.0 Å². The van der Waals surface area contributed by atoms with E-state index < -0.39 is 11.7 Å². The molecule has 1 aliphatic rings. The molecule has 5 nitrogen and oxygen atoms in total. The van der Waals surface area contributed by atoms with Gasteiger partial charge in [-0.25, -0.2) is 9.37 Å². The number of carbonyl (C=O) groups is 2. The van der Waals surface area contributed by atoms with E-state index in [1.54, 1.807) is 5.38 Å². The summed E-state index contributed by atoms with van der Waals surface area (Å²) in [5.41, 5.74) is 0.499. The van der Waals surface area contributed by atoms with E-state index in [9.17, 15) is 14.0 Å². The Morgan fingerprint density at radius 2 is 1.96 bits per heavy atom.